The number of fused-ring (bicyclic) bond motifs is 1. The van der Waals surface area contributed by atoms with Crippen LogP contribution in [-0.4, -0.2) is 23.9 Å². The lowest BCUT2D eigenvalue weighted by atomic mass is 9.85. The Morgan fingerprint density at radius 2 is 1.89 bits per heavy atom. The summed E-state index contributed by atoms with van der Waals surface area (Å²) in [5.74, 6) is 0.282. The Morgan fingerprint density at radius 3 is 2.53 bits per heavy atom. The van der Waals surface area contributed by atoms with Crippen molar-refractivity contribution >= 4 is 5.91 Å². The van der Waals surface area contributed by atoms with Crippen molar-refractivity contribution in [3.8, 4) is 0 Å². The summed E-state index contributed by atoms with van der Waals surface area (Å²) in [7, 11) is 0. The van der Waals surface area contributed by atoms with Crippen molar-refractivity contribution in [2.24, 2.45) is 0 Å². The van der Waals surface area contributed by atoms with Gasteiger partial charge < -0.3 is 4.90 Å². The molecule has 0 radical (unpaired) electrons. The van der Waals surface area contributed by atoms with E-state index in [-0.39, 0.29) is 17.0 Å². The van der Waals surface area contributed by atoms with Gasteiger partial charge in [-0.1, -0.05) is 45.0 Å². The summed E-state index contributed by atoms with van der Waals surface area (Å²) in [6.07, 6.45) is 1.55. The fourth-order valence-electron chi connectivity index (χ4n) is 3.29. The molecular weight excluding hydrogens is 236 g/mol. The molecule has 1 amide bonds. The average Bonchev–Trinajstić information content (AvgIpc) is 2.91. The molecule has 102 valence electrons. The SMILES string of the molecule is CC(C)(C)c1ccc(C23CCC(=O)N2CCN3)cc1. The lowest BCUT2D eigenvalue weighted by molar-refractivity contribution is -0.130. The van der Waals surface area contributed by atoms with Crippen LogP contribution in [0.2, 0.25) is 0 Å². The number of hydrogen-bond donors (Lipinski definition) is 1. The highest BCUT2D eigenvalue weighted by Gasteiger charge is 2.49. The van der Waals surface area contributed by atoms with Crippen molar-refractivity contribution in [3.05, 3.63) is 35.4 Å². The second-order valence-electron chi connectivity index (χ2n) is 6.66. The maximum absolute atomic E-state index is 11.9. The van der Waals surface area contributed by atoms with Gasteiger partial charge in [-0.3, -0.25) is 10.1 Å². The monoisotopic (exact) mass is 258 g/mol. The molecule has 0 aromatic heterocycles. The summed E-state index contributed by atoms with van der Waals surface area (Å²) in [6.45, 7) is 8.39. The van der Waals surface area contributed by atoms with Gasteiger partial charge in [-0.2, -0.15) is 0 Å². The molecule has 2 saturated heterocycles. The zero-order chi connectivity index (χ0) is 13.7. The van der Waals surface area contributed by atoms with Gasteiger partial charge in [-0.05, 0) is 23.0 Å². The first-order valence-electron chi connectivity index (χ1n) is 7.10. The summed E-state index contributed by atoms with van der Waals surface area (Å²) in [5.41, 5.74) is 2.50. The standard InChI is InChI=1S/C16H22N2O/c1-15(2,3)12-4-6-13(7-5-12)16-9-8-14(19)18(16)11-10-17-16/h4-7,17H,8-11H2,1-3H3. The Kier molecular flexibility index (Phi) is 2.72. The summed E-state index contributed by atoms with van der Waals surface area (Å²) in [6, 6.07) is 8.77. The molecular formula is C16H22N2O. The van der Waals surface area contributed by atoms with E-state index >= 15 is 0 Å². The average molecular weight is 258 g/mol. The maximum Gasteiger partial charge on any atom is 0.224 e. The van der Waals surface area contributed by atoms with Crippen molar-refractivity contribution in [1.29, 1.82) is 0 Å². The largest absolute Gasteiger partial charge is 0.319 e. The van der Waals surface area contributed by atoms with Crippen LogP contribution in [0.25, 0.3) is 0 Å². The molecule has 1 atom stereocenters. The quantitative estimate of drug-likeness (QED) is 0.838. The molecule has 2 aliphatic rings. The Hall–Kier alpha value is -1.35. The van der Waals surface area contributed by atoms with Gasteiger partial charge in [-0.25, -0.2) is 0 Å². The Morgan fingerprint density at radius 1 is 1.21 bits per heavy atom. The Bertz CT molecular complexity index is 500. The second-order valence-corrected chi connectivity index (χ2v) is 6.66. The van der Waals surface area contributed by atoms with Gasteiger partial charge in [0.25, 0.3) is 0 Å². The van der Waals surface area contributed by atoms with Crippen molar-refractivity contribution < 1.29 is 4.79 Å². The minimum absolute atomic E-state index is 0.171. The van der Waals surface area contributed by atoms with Gasteiger partial charge in [0, 0.05) is 19.5 Å². The molecule has 1 unspecified atom stereocenters. The second kappa shape index (κ2) is 4.07. The van der Waals surface area contributed by atoms with Crippen LogP contribution in [0, 0.1) is 0 Å². The van der Waals surface area contributed by atoms with Crippen molar-refractivity contribution in [2.45, 2.75) is 44.7 Å². The van der Waals surface area contributed by atoms with E-state index in [0.717, 1.165) is 19.5 Å². The summed E-state index contributed by atoms with van der Waals surface area (Å²) >= 11 is 0. The highest BCUT2D eigenvalue weighted by molar-refractivity contribution is 5.80. The third-order valence-corrected chi connectivity index (χ3v) is 4.44. The van der Waals surface area contributed by atoms with E-state index in [2.05, 4.69) is 50.4 Å². The summed E-state index contributed by atoms with van der Waals surface area (Å²) in [4.78, 5) is 14.0. The van der Waals surface area contributed by atoms with Crippen LogP contribution < -0.4 is 5.32 Å². The summed E-state index contributed by atoms with van der Waals surface area (Å²) in [5, 5.41) is 3.54. The van der Waals surface area contributed by atoms with Gasteiger partial charge in [0.15, 0.2) is 0 Å². The van der Waals surface area contributed by atoms with Gasteiger partial charge in [0.1, 0.15) is 5.66 Å². The van der Waals surface area contributed by atoms with Crippen LogP contribution in [-0.2, 0) is 15.9 Å². The van der Waals surface area contributed by atoms with Gasteiger partial charge in [-0.15, -0.1) is 0 Å². The molecule has 0 bridgehead atoms. The minimum Gasteiger partial charge on any atom is -0.319 e. The van der Waals surface area contributed by atoms with E-state index in [4.69, 9.17) is 0 Å². The zero-order valence-electron chi connectivity index (χ0n) is 12.0. The molecule has 3 heteroatoms. The molecule has 3 nitrogen and oxygen atoms in total. The van der Waals surface area contributed by atoms with Crippen molar-refractivity contribution in [1.82, 2.24) is 10.2 Å². The van der Waals surface area contributed by atoms with Crippen LogP contribution in [0.15, 0.2) is 24.3 Å². The van der Waals surface area contributed by atoms with E-state index < -0.39 is 0 Å². The molecule has 0 saturated carbocycles. The maximum atomic E-state index is 11.9. The molecule has 3 rings (SSSR count). The number of carbonyl (C=O) groups is 1. The Labute approximate surface area is 115 Å². The third kappa shape index (κ3) is 1.88. The van der Waals surface area contributed by atoms with Crippen LogP contribution in [0.3, 0.4) is 0 Å². The minimum atomic E-state index is -0.229. The van der Waals surface area contributed by atoms with Crippen LogP contribution in [0.4, 0.5) is 0 Å². The van der Waals surface area contributed by atoms with E-state index in [1.807, 2.05) is 4.90 Å². The molecule has 1 aromatic carbocycles. The predicted octanol–water partition coefficient (Wildman–Crippen LogP) is 2.36. The molecule has 2 heterocycles. The molecule has 1 aromatic rings. The highest BCUT2D eigenvalue weighted by atomic mass is 16.2. The Balaban J connectivity index is 1.96. The number of amides is 1. The first kappa shape index (κ1) is 12.7. The predicted molar refractivity (Wildman–Crippen MR) is 75.8 cm³/mol. The number of hydrogen-bond acceptors (Lipinski definition) is 2. The number of nitrogens with one attached hydrogen (secondary N) is 1. The summed E-state index contributed by atoms with van der Waals surface area (Å²) < 4.78 is 0. The lowest BCUT2D eigenvalue weighted by Crippen LogP contribution is -2.45. The van der Waals surface area contributed by atoms with Crippen LogP contribution in [0.5, 0.6) is 0 Å². The molecule has 0 aliphatic carbocycles. The molecule has 2 aliphatic heterocycles. The molecule has 19 heavy (non-hydrogen) atoms. The first-order valence-corrected chi connectivity index (χ1v) is 7.10. The third-order valence-electron chi connectivity index (χ3n) is 4.44. The topological polar surface area (TPSA) is 32.3 Å². The smallest absolute Gasteiger partial charge is 0.224 e. The molecule has 1 N–H and O–H groups in total. The zero-order valence-corrected chi connectivity index (χ0v) is 12.0. The van der Waals surface area contributed by atoms with E-state index in [9.17, 15) is 4.79 Å². The van der Waals surface area contributed by atoms with Crippen LogP contribution in [0.1, 0.15) is 44.7 Å². The molecule has 0 spiro atoms. The van der Waals surface area contributed by atoms with Crippen LogP contribution >= 0.6 is 0 Å². The number of benzene rings is 1. The van der Waals surface area contributed by atoms with Crippen molar-refractivity contribution in [3.63, 3.8) is 0 Å². The number of rotatable bonds is 1. The van der Waals surface area contributed by atoms with E-state index in [1.165, 1.54) is 11.1 Å². The first-order chi connectivity index (χ1) is 8.93. The van der Waals surface area contributed by atoms with E-state index in [0.29, 0.717) is 6.42 Å². The van der Waals surface area contributed by atoms with Gasteiger partial charge in [0.05, 0.1) is 0 Å². The van der Waals surface area contributed by atoms with Gasteiger partial charge in [0.2, 0.25) is 5.91 Å². The highest BCUT2D eigenvalue weighted by Crippen LogP contribution is 2.40. The normalized spacial score (nSPS) is 26.9. The fraction of sp³-hybridized carbons (Fsp3) is 0.562. The number of nitrogens with zero attached hydrogens (tertiary/aromatic N) is 1. The number of carbonyl (C=O) groups excluding carboxylic acids is 1. The molecule has 2 fully saturated rings. The van der Waals surface area contributed by atoms with Crippen molar-refractivity contribution in [2.75, 3.05) is 13.1 Å². The lowest BCUT2D eigenvalue weighted by Gasteiger charge is -2.33. The van der Waals surface area contributed by atoms with E-state index in [1.54, 1.807) is 0 Å². The van der Waals surface area contributed by atoms with Gasteiger partial charge >= 0.3 is 0 Å². The fourth-order valence-corrected chi connectivity index (χ4v) is 3.29.